The summed E-state index contributed by atoms with van der Waals surface area (Å²) in [5.74, 6) is -3.27. The molecular formula is C22H25N5O6S2. The second-order valence-corrected chi connectivity index (χ2v) is 8.86. The molecule has 4 amide bonds. The van der Waals surface area contributed by atoms with Gasteiger partial charge < -0.3 is 26.0 Å². The van der Waals surface area contributed by atoms with E-state index in [1.54, 1.807) is 24.5 Å². The van der Waals surface area contributed by atoms with Crippen molar-refractivity contribution < 1.29 is 28.7 Å². The Labute approximate surface area is 210 Å². The number of rotatable bonds is 5. The summed E-state index contributed by atoms with van der Waals surface area (Å²) < 4.78 is 5.27. The molecule has 0 bridgehead atoms. The Bertz CT molecular complexity index is 1130. The first-order valence-corrected chi connectivity index (χ1v) is 12.7. The molecule has 4 N–H and O–H groups in total. The lowest BCUT2D eigenvalue weighted by molar-refractivity contribution is -0.148. The summed E-state index contributed by atoms with van der Waals surface area (Å²) in [4.78, 5) is 67.3. The first kappa shape index (κ1) is 26.3. The molecule has 0 spiro atoms. The van der Waals surface area contributed by atoms with Gasteiger partial charge in [-0.1, -0.05) is 24.3 Å². The number of esters is 1. The first-order chi connectivity index (χ1) is 16.8. The highest BCUT2D eigenvalue weighted by Gasteiger charge is 2.30. The van der Waals surface area contributed by atoms with Crippen LogP contribution in [0.5, 0.6) is 0 Å². The van der Waals surface area contributed by atoms with E-state index < -0.39 is 60.9 Å². The number of carbonyl (C=O) groups is 5. The molecular weight excluding hydrogens is 494 g/mol. The molecule has 3 atom stereocenters. The van der Waals surface area contributed by atoms with Crippen molar-refractivity contribution in [3.05, 3.63) is 42.1 Å². The van der Waals surface area contributed by atoms with Crippen LogP contribution in [0.1, 0.15) is 10.5 Å². The van der Waals surface area contributed by atoms with E-state index in [1.165, 1.54) is 17.8 Å². The zero-order chi connectivity index (χ0) is 25.4. The van der Waals surface area contributed by atoms with Gasteiger partial charge in [-0.2, -0.15) is 24.4 Å². The highest BCUT2D eigenvalue weighted by atomic mass is 32.2. The fourth-order valence-electron chi connectivity index (χ4n) is 3.21. The van der Waals surface area contributed by atoms with E-state index in [2.05, 4.69) is 38.9 Å². The number of pyridine rings is 1. The normalized spacial score (nSPS) is 21.9. The summed E-state index contributed by atoms with van der Waals surface area (Å²) >= 11 is 5.37. The molecule has 3 rings (SSSR count). The molecule has 1 aliphatic heterocycles. The Kier molecular flexibility index (Phi) is 9.32. The molecule has 35 heavy (non-hydrogen) atoms. The highest BCUT2D eigenvalue weighted by molar-refractivity contribution is 7.98. The number of benzene rings is 1. The minimum Gasteiger partial charge on any atom is -0.461 e. The SMILES string of the molecule is CSC[C@@H]1NC(=O)[C@H](CS)NC(=O)CNC(=O)[C@H](NC(=O)c2ccc3ccccc3n2)COC1=O. The smallest absolute Gasteiger partial charge is 0.329 e. The van der Waals surface area contributed by atoms with Crippen molar-refractivity contribution in [2.75, 3.05) is 30.9 Å². The molecule has 2 aromatic rings. The minimum absolute atomic E-state index is 0.0238. The Morgan fingerprint density at radius 2 is 1.89 bits per heavy atom. The van der Waals surface area contributed by atoms with E-state index in [1.807, 2.05) is 12.1 Å². The van der Waals surface area contributed by atoms with Crippen LogP contribution >= 0.6 is 24.4 Å². The van der Waals surface area contributed by atoms with Crippen LogP contribution in [0.3, 0.4) is 0 Å². The van der Waals surface area contributed by atoms with Gasteiger partial charge in [0, 0.05) is 16.9 Å². The molecule has 13 heteroatoms. The van der Waals surface area contributed by atoms with Gasteiger partial charge in [0.25, 0.3) is 5.91 Å². The summed E-state index contributed by atoms with van der Waals surface area (Å²) in [5, 5.41) is 10.7. The number of hydrogen-bond acceptors (Lipinski definition) is 9. The number of nitrogens with one attached hydrogen (secondary N) is 4. The van der Waals surface area contributed by atoms with Gasteiger partial charge in [-0.15, -0.1) is 0 Å². The van der Waals surface area contributed by atoms with E-state index >= 15 is 0 Å². The van der Waals surface area contributed by atoms with Crippen molar-refractivity contribution in [2.24, 2.45) is 0 Å². The molecule has 0 aliphatic carbocycles. The number of aromatic nitrogens is 1. The second kappa shape index (κ2) is 12.4. The predicted molar refractivity (Wildman–Crippen MR) is 133 cm³/mol. The number of ether oxygens (including phenoxy) is 1. The number of thioether (sulfide) groups is 1. The van der Waals surface area contributed by atoms with Crippen LogP contribution in [0.25, 0.3) is 10.9 Å². The van der Waals surface area contributed by atoms with Gasteiger partial charge in [0.1, 0.15) is 30.4 Å². The minimum atomic E-state index is -1.31. The molecule has 1 aromatic heterocycles. The third-order valence-electron chi connectivity index (χ3n) is 5.04. The van der Waals surface area contributed by atoms with Gasteiger partial charge in [-0.25, -0.2) is 9.78 Å². The Morgan fingerprint density at radius 3 is 2.63 bits per heavy atom. The van der Waals surface area contributed by atoms with Crippen LogP contribution in [0.4, 0.5) is 0 Å². The first-order valence-electron chi connectivity index (χ1n) is 10.6. The summed E-state index contributed by atoms with van der Waals surface area (Å²) in [6, 6.07) is 7.10. The summed E-state index contributed by atoms with van der Waals surface area (Å²) in [5.41, 5.74) is 0.657. The third-order valence-corrected chi connectivity index (χ3v) is 6.07. The zero-order valence-corrected chi connectivity index (χ0v) is 20.5. The van der Waals surface area contributed by atoms with Crippen molar-refractivity contribution in [1.82, 2.24) is 26.3 Å². The van der Waals surface area contributed by atoms with E-state index in [9.17, 15) is 24.0 Å². The maximum Gasteiger partial charge on any atom is 0.329 e. The van der Waals surface area contributed by atoms with Gasteiger partial charge >= 0.3 is 5.97 Å². The number of amides is 4. The number of nitrogens with zero attached hydrogens (tertiary/aromatic N) is 1. The average Bonchev–Trinajstić information content (AvgIpc) is 2.87. The van der Waals surface area contributed by atoms with Crippen LogP contribution in [0, 0.1) is 0 Å². The largest absolute Gasteiger partial charge is 0.461 e. The van der Waals surface area contributed by atoms with Crippen molar-refractivity contribution in [1.29, 1.82) is 0 Å². The van der Waals surface area contributed by atoms with E-state index in [0.29, 0.717) is 5.52 Å². The van der Waals surface area contributed by atoms with Crippen LogP contribution in [-0.4, -0.2) is 83.6 Å². The van der Waals surface area contributed by atoms with Crippen LogP contribution < -0.4 is 21.3 Å². The fourth-order valence-corrected chi connectivity index (χ4v) is 4.02. The second-order valence-electron chi connectivity index (χ2n) is 7.58. The summed E-state index contributed by atoms with van der Waals surface area (Å²) in [6.07, 6.45) is 1.74. The Balaban J connectivity index is 1.80. The number of cyclic esters (lactones) is 1. The van der Waals surface area contributed by atoms with E-state index in [4.69, 9.17) is 4.74 Å². The number of carbonyl (C=O) groups excluding carboxylic acids is 5. The number of hydrogen-bond donors (Lipinski definition) is 5. The van der Waals surface area contributed by atoms with Crippen LogP contribution in [-0.2, 0) is 23.9 Å². The van der Waals surface area contributed by atoms with Crippen molar-refractivity contribution in [2.45, 2.75) is 18.1 Å². The molecule has 0 radical (unpaired) electrons. The topological polar surface area (TPSA) is 156 Å². The summed E-state index contributed by atoms with van der Waals surface area (Å²) in [7, 11) is 0. The maximum atomic E-state index is 12.8. The zero-order valence-electron chi connectivity index (χ0n) is 18.8. The average molecular weight is 520 g/mol. The van der Waals surface area contributed by atoms with Gasteiger partial charge in [0.15, 0.2) is 0 Å². The van der Waals surface area contributed by atoms with Gasteiger partial charge in [0.05, 0.1) is 12.1 Å². The Morgan fingerprint density at radius 1 is 1.11 bits per heavy atom. The van der Waals surface area contributed by atoms with Crippen LogP contribution in [0.2, 0.25) is 0 Å². The molecule has 0 unspecified atom stereocenters. The van der Waals surface area contributed by atoms with Crippen molar-refractivity contribution in [3.8, 4) is 0 Å². The quantitative estimate of drug-likeness (QED) is 0.256. The van der Waals surface area contributed by atoms with Crippen molar-refractivity contribution in [3.63, 3.8) is 0 Å². The van der Waals surface area contributed by atoms with E-state index in [-0.39, 0.29) is 17.2 Å². The van der Waals surface area contributed by atoms with Gasteiger partial charge in [-0.05, 0) is 18.4 Å². The number of fused-ring (bicyclic) bond motifs is 1. The third kappa shape index (κ3) is 7.09. The standard InChI is InChI=1S/C22H25N5O6S2/c1-35-11-17-22(32)33-9-15(19(29)23-8-18(28)25-16(10-34)21(31)27-17)26-20(30)14-7-6-12-4-2-3-5-13(12)24-14/h2-7,15-17,34H,8-11H2,1H3,(H,23,29)(H,25,28)(H,26,30)(H,27,31)/t15-,16+,17+/m1/s1. The van der Waals surface area contributed by atoms with Crippen molar-refractivity contribution >= 4 is 64.9 Å². The lowest BCUT2D eigenvalue weighted by Crippen LogP contribution is -2.54. The van der Waals surface area contributed by atoms with Crippen LogP contribution in [0.15, 0.2) is 36.4 Å². The molecule has 1 aromatic carbocycles. The Hall–Kier alpha value is -3.32. The predicted octanol–water partition coefficient (Wildman–Crippen LogP) is -0.731. The summed E-state index contributed by atoms with van der Waals surface area (Å²) in [6.45, 7) is -0.971. The fraction of sp³-hybridized carbons (Fsp3) is 0.364. The molecule has 0 saturated carbocycles. The van der Waals surface area contributed by atoms with Gasteiger partial charge in [0.2, 0.25) is 17.7 Å². The lowest BCUT2D eigenvalue weighted by atomic mass is 10.2. The lowest BCUT2D eigenvalue weighted by Gasteiger charge is -2.21. The molecule has 2 heterocycles. The molecule has 1 aliphatic rings. The van der Waals surface area contributed by atoms with Gasteiger partial charge in [-0.3, -0.25) is 19.2 Å². The molecule has 1 saturated heterocycles. The number of para-hydroxylation sites is 1. The maximum absolute atomic E-state index is 12.8. The highest BCUT2D eigenvalue weighted by Crippen LogP contribution is 2.12. The molecule has 186 valence electrons. The number of thiol groups is 1. The molecule has 11 nitrogen and oxygen atoms in total. The molecule has 1 fully saturated rings. The monoisotopic (exact) mass is 519 g/mol. The van der Waals surface area contributed by atoms with E-state index in [0.717, 1.165) is 5.39 Å².